The summed E-state index contributed by atoms with van der Waals surface area (Å²) in [4.78, 5) is 0. The maximum Gasteiger partial charge on any atom is 0.364 e. The zero-order valence-corrected chi connectivity index (χ0v) is 26.3. The second-order valence-corrected chi connectivity index (χ2v) is 10.8. The van der Waals surface area contributed by atoms with Gasteiger partial charge in [-0.2, -0.15) is 30.1 Å². The second-order valence-electron chi connectivity index (χ2n) is 8.20. The summed E-state index contributed by atoms with van der Waals surface area (Å²) in [5.41, 5.74) is 8.69. The lowest BCUT2D eigenvalue weighted by Crippen LogP contribution is -2.31. The molecule has 0 aliphatic carbocycles. The standard InChI is InChI=1S/C28H23Br2N6O5P/c1-38-27-15-19(17-31)11-13-23(27)33-35(25-9-5-3-7-21(25)29)40-42(37)41-36(26-10-6-4-8-22(26)30)34-24-14-12-20(18-32)16-28(24)39-2/h3-16,33-34,42H,1-2H3. The van der Waals surface area contributed by atoms with Crippen molar-refractivity contribution >= 4 is 62.9 Å². The number of hydrogen-bond acceptors (Lipinski definition) is 11. The molecule has 14 heteroatoms. The van der Waals surface area contributed by atoms with E-state index in [2.05, 4.69) is 54.8 Å². The first-order chi connectivity index (χ1) is 20.4. The molecule has 0 fully saturated rings. The fourth-order valence-electron chi connectivity index (χ4n) is 3.59. The van der Waals surface area contributed by atoms with Crippen molar-refractivity contribution in [1.29, 1.82) is 10.5 Å². The van der Waals surface area contributed by atoms with Crippen LogP contribution in [0.2, 0.25) is 0 Å². The van der Waals surface area contributed by atoms with Crippen molar-refractivity contribution < 1.29 is 23.3 Å². The van der Waals surface area contributed by atoms with Crippen molar-refractivity contribution in [2.24, 2.45) is 0 Å². The van der Waals surface area contributed by atoms with E-state index in [1.807, 2.05) is 12.1 Å². The van der Waals surface area contributed by atoms with Gasteiger partial charge in [-0.3, -0.25) is 15.4 Å². The number of nitrogens with zero attached hydrogens (tertiary/aromatic N) is 4. The molecule has 42 heavy (non-hydrogen) atoms. The lowest BCUT2D eigenvalue weighted by molar-refractivity contribution is 0.210. The molecule has 0 atom stereocenters. The number of nitriles is 2. The normalized spacial score (nSPS) is 10.4. The van der Waals surface area contributed by atoms with Crippen molar-refractivity contribution in [3.63, 3.8) is 0 Å². The van der Waals surface area contributed by atoms with Gasteiger partial charge in [0.2, 0.25) is 0 Å². The van der Waals surface area contributed by atoms with E-state index in [9.17, 15) is 15.1 Å². The molecule has 0 amide bonds. The van der Waals surface area contributed by atoms with E-state index in [0.29, 0.717) is 54.3 Å². The SMILES string of the molecule is COc1cc(C#N)ccc1NN(O[PH](=O)ON(Nc1ccc(C#N)cc1OC)c1ccccc1Br)c1ccccc1Br. The van der Waals surface area contributed by atoms with E-state index < -0.39 is 8.25 Å². The van der Waals surface area contributed by atoms with Crippen LogP contribution in [0.3, 0.4) is 0 Å². The molecule has 0 aliphatic heterocycles. The Morgan fingerprint density at radius 3 is 1.45 bits per heavy atom. The Morgan fingerprint density at radius 2 is 1.10 bits per heavy atom. The Balaban J connectivity index is 1.65. The van der Waals surface area contributed by atoms with E-state index in [4.69, 9.17) is 18.7 Å². The predicted molar refractivity (Wildman–Crippen MR) is 167 cm³/mol. The number of hydrogen-bond donors (Lipinski definition) is 2. The number of methoxy groups -OCH3 is 2. The highest BCUT2D eigenvalue weighted by Crippen LogP contribution is 2.39. The molecule has 214 valence electrons. The maximum absolute atomic E-state index is 13.5. The quantitative estimate of drug-likeness (QED) is 0.111. The van der Waals surface area contributed by atoms with Crippen molar-refractivity contribution in [2.75, 3.05) is 35.4 Å². The molecule has 2 N–H and O–H groups in total. The molecule has 0 bridgehead atoms. The Morgan fingerprint density at radius 1 is 0.690 bits per heavy atom. The average molecular weight is 714 g/mol. The Labute approximate surface area is 259 Å². The van der Waals surface area contributed by atoms with Gasteiger partial charge in [0.05, 0.1) is 48.9 Å². The molecule has 11 nitrogen and oxygen atoms in total. The molecular formula is C28H23Br2N6O5P. The van der Waals surface area contributed by atoms with Gasteiger partial charge in [-0.1, -0.05) is 24.3 Å². The van der Waals surface area contributed by atoms with Crippen LogP contribution in [0.25, 0.3) is 0 Å². The molecule has 0 unspecified atom stereocenters. The zero-order chi connectivity index (χ0) is 30.1. The molecule has 4 aromatic rings. The molecule has 4 rings (SSSR count). The van der Waals surface area contributed by atoms with Crippen LogP contribution in [0.1, 0.15) is 11.1 Å². The van der Waals surface area contributed by atoms with E-state index in [1.165, 1.54) is 24.6 Å². The molecule has 0 radical (unpaired) electrons. The monoisotopic (exact) mass is 712 g/mol. The lowest BCUT2D eigenvalue weighted by Gasteiger charge is -2.29. The van der Waals surface area contributed by atoms with Crippen LogP contribution in [-0.2, 0) is 13.8 Å². The Kier molecular flexibility index (Phi) is 10.7. The number of hydrazine groups is 2. The Hall–Kier alpha value is -4.23. The highest BCUT2D eigenvalue weighted by atomic mass is 79.9. The molecule has 4 aromatic carbocycles. The first-order valence-electron chi connectivity index (χ1n) is 12.1. The molecular weight excluding hydrogens is 691 g/mol. The first kappa shape index (κ1) is 30.7. The van der Waals surface area contributed by atoms with Gasteiger partial charge in [0.25, 0.3) is 0 Å². The van der Waals surface area contributed by atoms with Gasteiger partial charge in [0.15, 0.2) is 0 Å². The summed E-state index contributed by atoms with van der Waals surface area (Å²) >= 11 is 6.99. The van der Waals surface area contributed by atoms with Gasteiger partial charge < -0.3 is 9.47 Å². The lowest BCUT2D eigenvalue weighted by atomic mass is 10.2. The minimum absolute atomic E-state index is 0.361. The summed E-state index contributed by atoms with van der Waals surface area (Å²) in [6.45, 7) is 0. The second kappa shape index (κ2) is 14.6. The summed E-state index contributed by atoms with van der Waals surface area (Å²) in [6.07, 6.45) is 0. The number of rotatable bonds is 12. The average Bonchev–Trinajstić information content (AvgIpc) is 3.01. The fraction of sp³-hybridized carbons (Fsp3) is 0.0714. The van der Waals surface area contributed by atoms with Crippen LogP contribution >= 0.6 is 40.1 Å². The van der Waals surface area contributed by atoms with Gasteiger partial charge in [-0.25, -0.2) is 0 Å². The van der Waals surface area contributed by atoms with Gasteiger partial charge in [0.1, 0.15) is 22.9 Å². The number of halogens is 2. The van der Waals surface area contributed by atoms with E-state index >= 15 is 0 Å². The minimum Gasteiger partial charge on any atom is -0.494 e. The molecule has 0 saturated carbocycles. The summed E-state index contributed by atoms with van der Waals surface area (Å²) in [5.74, 6) is 0.722. The topological polar surface area (TPSA) is 132 Å². The van der Waals surface area contributed by atoms with Crippen LogP contribution in [0.15, 0.2) is 93.9 Å². The zero-order valence-electron chi connectivity index (χ0n) is 22.2. The number of para-hydroxylation sites is 2. The van der Waals surface area contributed by atoms with Crippen LogP contribution < -0.4 is 30.7 Å². The number of nitrogens with one attached hydrogen (secondary N) is 2. The van der Waals surface area contributed by atoms with Gasteiger partial charge in [0, 0.05) is 21.1 Å². The minimum atomic E-state index is -3.37. The third kappa shape index (κ3) is 7.53. The number of benzene rings is 4. The number of anilines is 4. The fourth-order valence-corrected chi connectivity index (χ4v) is 5.10. The van der Waals surface area contributed by atoms with Crippen LogP contribution in [-0.4, -0.2) is 14.2 Å². The van der Waals surface area contributed by atoms with E-state index in [-0.39, 0.29) is 0 Å². The smallest absolute Gasteiger partial charge is 0.364 e. The van der Waals surface area contributed by atoms with E-state index in [1.54, 1.807) is 72.8 Å². The van der Waals surface area contributed by atoms with Crippen molar-refractivity contribution in [1.82, 2.24) is 0 Å². The van der Waals surface area contributed by atoms with Gasteiger partial charge in [-0.05, 0) is 80.4 Å². The maximum atomic E-state index is 13.5. The third-order valence-electron chi connectivity index (χ3n) is 5.58. The highest BCUT2D eigenvalue weighted by molar-refractivity contribution is 9.11. The molecule has 0 heterocycles. The van der Waals surface area contributed by atoms with Crippen molar-refractivity contribution in [3.05, 3.63) is 105 Å². The third-order valence-corrected chi connectivity index (χ3v) is 7.58. The van der Waals surface area contributed by atoms with E-state index in [0.717, 1.165) is 0 Å². The largest absolute Gasteiger partial charge is 0.494 e. The summed E-state index contributed by atoms with van der Waals surface area (Å²) < 4.78 is 37.3. The molecule has 0 aliphatic rings. The summed E-state index contributed by atoms with van der Waals surface area (Å²) in [6, 6.07) is 27.9. The molecule has 0 spiro atoms. The summed E-state index contributed by atoms with van der Waals surface area (Å²) in [5, 5.41) is 20.9. The van der Waals surface area contributed by atoms with Gasteiger partial charge in [-0.15, -0.1) is 0 Å². The van der Waals surface area contributed by atoms with Crippen LogP contribution in [0.4, 0.5) is 22.7 Å². The van der Waals surface area contributed by atoms with Crippen LogP contribution in [0, 0.1) is 22.7 Å². The van der Waals surface area contributed by atoms with Crippen molar-refractivity contribution in [3.8, 4) is 23.6 Å². The predicted octanol–water partition coefficient (Wildman–Crippen LogP) is 7.59. The number of ether oxygens (including phenoxy) is 2. The molecule has 0 aromatic heterocycles. The van der Waals surface area contributed by atoms with Crippen molar-refractivity contribution in [2.45, 2.75) is 0 Å². The molecule has 0 saturated heterocycles. The van der Waals surface area contributed by atoms with Crippen LogP contribution in [0.5, 0.6) is 11.5 Å². The highest BCUT2D eigenvalue weighted by Gasteiger charge is 2.22. The van der Waals surface area contributed by atoms with Gasteiger partial charge >= 0.3 is 8.25 Å². The first-order valence-corrected chi connectivity index (χ1v) is 14.9. The summed E-state index contributed by atoms with van der Waals surface area (Å²) in [7, 11) is -0.431. The Bertz CT molecular complexity index is 1560.